The third kappa shape index (κ3) is 1.71. The van der Waals surface area contributed by atoms with E-state index >= 15 is 0 Å². The summed E-state index contributed by atoms with van der Waals surface area (Å²) >= 11 is 0. The van der Waals surface area contributed by atoms with Gasteiger partial charge in [-0.2, -0.15) is 0 Å². The molecule has 0 aliphatic heterocycles. The molecule has 5 heteroatoms. The van der Waals surface area contributed by atoms with Gasteiger partial charge in [0.1, 0.15) is 0 Å². The van der Waals surface area contributed by atoms with Crippen molar-refractivity contribution in [3.05, 3.63) is 36.4 Å². The summed E-state index contributed by atoms with van der Waals surface area (Å²) in [6.07, 6.45) is 3.18. The van der Waals surface area contributed by atoms with Gasteiger partial charge in [0.25, 0.3) is 0 Å². The van der Waals surface area contributed by atoms with Gasteiger partial charge in [-0.25, -0.2) is 10.2 Å². The molecule has 2 amide bonds. The lowest BCUT2D eigenvalue weighted by Gasteiger charge is -2.09. The second kappa shape index (κ2) is 3.53. The van der Waals surface area contributed by atoms with Gasteiger partial charge in [-0.1, -0.05) is 0 Å². The van der Waals surface area contributed by atoms with Crippen LogP contribution in [0, 0.1) is 6.92 Å². The fourth-order valence-electron chi connectivity index (χ4n) is 1.43. The number of carbonyl (C=O) groups is 1. The van der Waals surface area contributed by atoms with Crippen molar-refractivity contribution in [1.29, 1.82) is 0 Å². The van der Waals surface area contributed by atoms with E-state index in [2.05, 4.69) is 5.43 Å². The van der Waals surface area contributed by atoms with Crippen molar-refractivity contribution < 1.29 is 9.21 Å². The molecule has 2 heterocycles. The number of furan rings is 1. The van der Waals surface area contributed by atoms with E-state index in [4.69, 9.17) is 10.2 Å². The number of nitrogens with one attached hydrogen (secondary N) is 1. The molecule has 15 heavy (non-hydrogen) atoms. The maximum absolute atomic E-state index is 10.8. The second-order valence-electron chi connectivity index (χ2n) is 3.18. The molecule has 0 unspecified atom stereocenters. The van der Waals surface area contributed by atoms with Crippen LogP contribution < -0.4 is 11.2 Å². The van der Waals surface area contributed by atoms with Gasteiger partial charge in [0.15, 0.2) is 0 Å². The van der Waals surface area contributed by atoms with Crippen LogP contribution in [0.4, 0.5) is 4.79 Å². The number of hydrogen-bond donors (Lipinski definition) is 2. The Bertz CT molecular complexity index is 471. The molecule has 0 saturated carbocycles. The van der Waals surface area contributed by atoms with Gasteiger partial charge in [-0.05, 0) is 25.1 Å². The standard InChI is InChI=1S/C10H11N3O2/c1-7-2-3-9(8-4-5-15-6-8)13(7)12-10(11)14/h2-6H,1H3,(H3,11,12,14). The minimum absolute atomic E-state index is 0.598. The Morgan fingerprint density at radius 3 is 2.87 bits per heavy atom. The number of aryl methyl sites for hydroxylation is 1. The van der Waals surface area contributed by atoms with E-state index in [0.717, 1.165) is 17.0 Å². The molecule has 0 bridgehead atoms. The van der Waals surface area contributed by atoms with Gasteiger partial charge >= 0.3 is 6.03 Å². The molecule has 0 fully saturated rings. The largest absolute Gasteiger partial charge is 0.472 e. The lowest BCUT2D eigenvalue weighted by molar-refractivity contribution is 0.257. The average Bonchev–Trinajstić information content (AvgIpc) is 2.76. The van der Waals surface area contributed by atoms with E-state index in [1.165, 1.54) is 0 Å². The predicted molar refractivity (Wildman–Crippen MR) is 55.8 cm³/mol. The maximum Gasteiger partial charge on any atom is 0.331 e. The number of carbonyl (C=O) groups excluding carboxylic acids is 1. The number of hydrogen-bond acceptors (Lipinski definition) is 2. The molecule has 0 aliphatic rings. The summed E-state index contributed by atoms with van der Waals surface area (Å²) in [5.41, 5.74) is 10.2. The van der Waals surface area contributed by atoms with Gasteiger partial charge < -0.3 is 10.2 Å². The van der Waals surface area contributed by atoms with E-state index in [-0.39, 0.29) is 0 Å². The predicted octanol–water partition coefficient (Wildman–Crippen LogP) is 1.68. The first-order valence-corrected chi connectivity index (χ1v) is 4.46. The lowest BCUT2D eigenvalue weighted by atomic mass is 10.2. The molecule has 2 rings (SSSR count). The molecule has 78 valence electrons. The number of aromatic nitrogens is 1. The van der Waals surface area contributed by atoms with E-state index in [0.29, 0.717) is 0 Å². The summed E-state index contributed by atoms with van der Waals surface area (Å²) in [4.78, 5) is 10.8. The van der Waals surface area contributed by atoms with Crippen LogP contribution in [0.1, 0.15) is 5.69 Å². The van der Waals surface area contributed by atoms with E-state index < -0.39 is 6.03 Å². The maximum atomic E-state index is 10.8. The number of nitrogens with zero attached hydrogens (tertiary/aromatic N) is 1. The van der Waals surface area contributed by atoms with Crippen LogP contribution in [0.2, 0.25) is 0 Å². The first kappa shape index (κ1) is 9.39. The fourth-order valence-corrected chi connectivity index (χ4v) is 1.43. The molecular formula is C10H11N3O2. The Morgan fingerprint density at radius 2 is 2.27 bits per heavy atom. The van der Waals surface area contributed by atoms with Crippen LogP contribution in [-0.2, 0) is 0 Å². The molecule has 0 spiro atoms. The smallest absolute Gasteiger partial charge is 0.331 e. The highest BCUT2D eigenvalue weighted by Crippen LogP contribution is 2.21. The lowest BCUT2D eigenvalue weighted by Crippen LogP contribution is -2.29. The second-order valence-corrected chi connectivity index (χ2v) is 3.18. The summed E-state index contributed by atoms with van der Waals surface area (Å²) in [6, 6.07) is 4.99. The first-order valence-electron chi connectivity index (χ1n) is 4.46. The molecular weight excluding hydrogens is 194 g/mol. The Balaban J connectivity index is 2.44. The quantitative estimate of drug-likeness (QED) is 0.782. The zero-order chi connectivity index (χ0) is 10.8. The van der Waals surface area contributed by atoms with Crippen LogP contribution in [-0.4, -0.2) is 10.7 Å². The Morgan fingerprint density at radius 1 is 1.47 bits per heavy atom. The highest BCUT2D eigenvalue weighted by Gasteiger charge is 2.09. The molecule has 5 nitrogen and oxygen atoms in total. The SMILES string of the molecule is Cc1ccc(-c2ccoc2)n1NC(N)=O. The summed E-state index contributed by atoms with van der Waals surface area (Å²) < 4.78 is 6.60. The van der Waals surface area contributed by atoms with Crippen LogP contribution in [0.15, 0.2) is 35.1 Å². The van der Waals surface area contributed by atoms with Gasteiger partial charge in [0.05, 0.1) is 18.2 Å². The minimum Gasteiger partial charge on any atom is -0.472 e. The zero-order valence-corrected chi connectivity index (χ0v) is 8.23. The van der Waals surface area contributed by atoms with E-state index in [1.54, 1.807) is 17.2 Å². The van der Waals surface area contributed by atoms with Crippen molar-refractivity contribution in [3.8, 4) is 11.3 Å². The summed E-state index contributed by atoms with van der Waals surface area (Å²) in [5.74, 6) is 0. The van der Waals surface area contributed by atoms with Crippen LogP contribution >= 0.6 is 0 Å². The van der Waals surface area contributed by atoms with Crippen LogP contribution in [0.5, 0.6) is 0 Å². The molecule has 0 aliphatic carbocycles. The normalized spacial score (nSPS) is 10.2. The van der Waals surface area contributed by atoms with Crippen LogP contribution in [0.25, 0.3) is 11.3 Å². The van der Waals surface area contributed by atoms with Gasteiger partial charge in [-0.15, -0.1) is 0 Å². The first-order chi connectivity index (χ1) is 7.18. The molecule has 0 radical (unpaired) electrons. The minimum atomic E-state index is -0.598. The van der Waals surface area contributed by atoms with Gasteiger partial charge in [0.2, 0.25) is 0 Å². The number of rotatable bonds is 2. The molecule has 3 N–H and O–H groups in total. The van der Waals surface area contributed by atoms with Crippen molar-refractivity contribution in [2.45, 2.75) is 6.92 Å². The number of amides is 2. The zero-order valence-electron chi connectivity index (χ0n) is 8.23. The van der Waals surface area contributed by atoms with Crippen molar-refractivity contribution in [2.24, 2.45) is 5.73 Å². The number of nitrogens with two attached hydrogens (primary N) is 1. The number of primary amides is 1. The van der Waals surface area contributed by atoms with E-state index in [1.807, 2.05) is 25.1 Å². The summed E-state index contributed by atoms with van der Waals surface area (Å²) in [6.45, 7) is 1.87. The van der Waals surface area contributed by atoms with E-state index in [9.17, 15) is 4.79 Å². The summed E-state index contributed by atoms with van der Waals surface area (Å²) in [7, 11) is 0. The highest BCUT2D eigenvalue weighted by atomic mass is 16.3. The van der Waals surface area contributed by atoms with Crippen molar-refractivity contribution >= 4 is 6.03 Å². The highest BCUT2D eigenvalue weighted by molar-refractivity contribution is 5.81. The Labute approximate surface area is 86.5 Å². The fraction of sp³-hybridized carbons (Fsp3) is 0.100. The monoisotopic (exact) mass is 205 g/mol. The van der Waals surface area contributed by atoms with Gasteiger partial charge in [0, 0.05) is 11.3 Å². The van der Waals surface area contributed by atoms with Crippen LogP contribution in [0.3, 0.4) is 0 Å². The topological polar surface area (TPSA) is 73.2 Å². The van der Waals surface area contributed by atoms with Crippen molar-refractivity contribution in [1.82, 2.24) is 4.68 Å². The molecule has 2 aromatic heterocycles. The summed E-state index contributed by atoms with van der Waals surface area (Å²) in [5, 5.41) is 0. The molecule has 0 saturated heterocycles. The Hall–Kier alpha value is -2.17. The molecule has 0 atom stereocenters. The third-order valence-corrected chi connectivity index (χ3v) is 2.11. The molecule has 2 aromatic rings. The van der Waals surface area contributed by atoms with Crippen molar-refractivity contribution in [2.75, 3.05) is 5.43 Å². The average molecular weight is 205 g/mol. The molecule has 0 aromatic carbocycles. The number of urea groups is 1. The third-order valence-electron chi connectivity index (χ3n) is 2.11. The van der Waals surface area contributed by atoms with Crippen molar-refractivity contribution in [3.63, 3.8) is 0 Å². The Kier molecular flexibility index (Phi) is 2.21. The van der Waals surface area contributed by atoms with Gasteiger partial charge in [-0.3, -0.25) is 4.68 Å².